The fraction of sp³-hybridized carbons (Fsp3) is 0.533. The predicted octanol–water partition coefficient (Wildman–Crippen LogP) is 0.512. The number of morpholine rings is 1. The van der Waals surface area contributed by atoms with Gasteiger partial charge in [0.05, 0.1) is 34.0 Å². The number of nitrogens with zero attached hydrogens (tertiary/aromatic N) is 1. The van der Waals surface area contributed by atoms with Crippen molar-refractivity contribution in [3.63, 3.8) is 0 Å². The third-order valence-electron chi connectivity index (χ3n) is 3.60. The molecule has 1 aromatic carbocycles. The smallest absolute Gasteiger partial charge is 0.254 e. The zero-order valence-corrected chi connectivity index (χ0v) is 13.1. The molecule has 1 aromatic rings. The highest BCUT2D eigenvalue weighted by atomic mass is 16.5. The number of amides is 1. The molecule has 0 saturated carbocycles. The molecule has 0 bridgehead atoms. The average molecular weight is 310 g/mol. The standard InChI is InChI=1S/C15H22N2O5/c1-19-12-6-10(7-13(20-2)14(12)21-3)15(18)17-4-5-22-11(8-16)9-17/h6-7,11H,4-5,8-9,16H2,1-3H3. The Hall–Kier alpha value is -1.99. The van der Waals surface area contributed by atoms with Crippen LogP contribution >= 0.6 is 0 Å². The number of nitrogens with two attached hydrogens (primary N) is 1. The first-order valence-corrected chi connectivity index (χ1v) is 7.05. The number of carbonyl (C=O) groups is 1. The number of carbonyl (C=O) groups excluding carboxylic acids is 1. The maximum atomic E-state index is 12.7. The monoisotopic (exact) mass is 310 g/mol. The Morgan fingerprint density at radius 2 is 1.91 bits per heavy atom. The molecule has 7 nitrogen and oxygen atoms in total. The SMILES string of the molecule is COc1cc(C(=O)N2CCOC(CN)C2)cc(OC)c1OC. The van der Waals surface area contributed by atoms with E-state index in [0.29, 0.717) is 49.1 Å². The van der Waals surface area contributed by atoms with E-state index in [2.05, 4.69) is 0 Å². The number of hydrogen-bond donors (Lipinski definition) is 1. The molecule has 1 atom stereocenters. The Labute approximate surface area is 129 Å². The van der Waals surface area contributed by atoms with Crippen LogP contribution in [0.3, 0.4) is 0 Å². The van der Waals surface area contributed by atoms with Crippen molar-refractivity contribution in [3.05, 3.63) is 17.7 Å². The van der Waals surface area contributed by atoms with Gasteiger partial charge in [-0.25, -0.2) is 0 Å². The van der Waals surface area contributed by atoms with E-state index >= 15 is 0 Å². The fourth-order valence-corrected chi connectivity index (χ4v) is 2.43. The summed E-state index contributed by atoms with van der Waals surface area (Å²) in [6, 6.07) is 3.30. The van der Waals surface area contributed by atoms with Gasteiger partial charge < -0.3 is 29.6 Å². The molecule has 0 aliphatic carbocycles. The van der Waals surface area contributed by atoms with Crippen molar-refractivity contribution in [2.75, 3.05) is 47.6 Å². The lowest BCUT2D eigenvalue weighted by Crippen LogP contribution is -2.48. The normalized spacial score (nSPS) is 18.0. The van der Waals surface area contributed by atoms with E-state index in [-0.39, 0.29) is 12.0 Å². The first-order chi connectivity index (χ1) is 10.6. The number of methoxy groups -OCH3 is 3. The highest BCUT2D eigenvalue weighted by Crippen LogP contribution is 2.38. The van der Waals surface area contributed by atoms with Crippen molar-refractivity contribution in [2.45, 2.75) is 6.10 Å². The molecule has 0 spiro atoms. The minimum Gasteiger partial charge on any atom is -0.493 e. The van der Waals surface area contributed by atoms with Gasteiger partial charge >= 0.3 is 0 Å². The zero-order valence-electron chi connectivity index (χ0n) is 13.1. The molecule has 0 aromatic heterocycles. The van der Waals surface area contributed by atoms with Crippen LogP contribution in [-0.4, -0.2) is 64.5 Å². The minimum atomic E-state index is -0.125. The molecular weight excluding hydrogens is 288 g/mol. The van der Waals surface area contributed by atoms with Crippen molar-refractivity contribution in [1.82, 2.24) is 4.90 Å². The number of ether oxygens (including phenoxy) is 4. The Morgan fingerprint density at radius 3 is 2.41 bits per heavy atom. The Bertz CT molecular complexity index is 510. The Balaban J connectivity index is 2.29. The quantitative estimate of drug-likeness (QED) is 0.853. The number of hydrogen-bond acceptors (Lipinski definition) is 6. The van der Waals surface area contributed by atoms with Crippen molar-refractivity contribution >= 4 is 5.91 Å². The van der Waals surface area contributed by atoms with E-state index in [4.69, 9.17) is 24.7 Å². The van der Waals surface area contributed by atoms with Gasteiger partial charge in [-0.2, -0.15) is 0 Å². The summed E-state index contributed by atoms with van der Waals surface area (Å²) < 4.78 is 21.3. The van der Waals surface area contributed by atoms with Gasteiger partial charge in [-0.1, -0.05) is 0 Å². The molecule has 2 N–H and O–H groups in total. The average Bonchev–Trinajstić information content (AvgIpc) is 2.59. The molecule has 1 aliphatic rings. The Morgan fingerprint density at radius 1 is 1.27 bits per heavy atom. The van der Waals surface area contributed by atoms with Gasteiger partial charge in [-0.15, -0.1) is 0 Å². The summed E-state index contributed by atoms with van der Waals surface area (Å²) in [7, 11) is 4.56. The maximum absolute atomic E-state index is 12.7. The van der Waals surface area contributed by atoms with Crippen LogP contribution in [0.25, 0.3) is 0 Å². The molecule has 1 saturated heterocycles. The molecule has 1 unspecified atom stereocenters. The van der Waals surface area contributed by atoms with Crippen LogP contribution in [0.4, 0.5) is 0 Å². The molecule has 22 heavy (non-hydrogen) atoms. The van der Waals surface area contributed by atoms with Gasteiger partial charge in [0.25, 0.3) is 5.91 Å². The molecule has 0 radical (unpaired) electrons. The number of benzene rings is 1. The van der Waals surface area contributed by atoms with Crippen LogP contribution in [0, 0.1) is 0 Å². The van der Waals surface area contributed by atoms with Crippen LogP contribution in [0.2, 0.25) is 0 Å². The lowest BCUT2D eigenvalue weighted by Gasteiger charge is -2.32. The van der Waals surface area contributed by atoms with Gasteiger partial charge in [-0.3, -0.25) is 4.79 Å². The van der Waals surface area contributed by atoms with Crippen molar-refractivity contribution in [1.29, 1.82) is 0 Å². The van der Waals surface area contributed by atoms with Gasteiger partial charge in [0.2, 0.25) is 5.75 Å². The third kappa shape index (κ3) is 3.26. The second-order valence-electron chi connectivity index (χ2n) is 4.89. The van der Waals surface area contributed by atoms with Gasteiger partial charge in [0.15, 0.2) is 11.5 Å². The summed E-state index contributed by atoms with van der Waals surface area (Å²) in [5.41, 5.74) is 6.09. The topological polar surface area (TPSA) is 83.2 Å². The first-order valence-electron chi connectivity index (χ1n) is 7.05. The molecular formula is C15H22N2O5. The van der Waals surface area contributed by atoms with Gasteiger partial charge in [-0.05, 0) is 12.1 Å². The summed E-state index contributed by atoms with van der Waals surface area (Å²) in [6.45, 7) is 1.88. The van der Waals surface area contributed by atoms with Crippen molar-refractivity contribution < 1.29 is 23.7 Å². The van der Waals surface area contributed by atoms with E-state index in [1.54, 1.807) is 17.0 Å². The van der Waals surface area contributed by atoms with Crippen LogP contribution in [0.15, 0.2) is 12.1 Å². The van der Waals surface area contributed by atoms with Gasteiger partial charge in [0.1, 0.15) is 0 Å². The second-order valence-corrected chi connectivity index (χ2v) is 4.89. The van der Waals surface area contributed by atoms with Crippen molar-refractivity contribution in [3.8, 4) is 17.2 Å². The van der Waals surface area contributed by atoms with Crippen LogP contribution < -0.4 is 19.9 Å². The highest BCUT2D eigenvalue weighted by Gasteiger charge is 2.26. The van der Waals surface area contributed by atoms with Crippen LogP contribution in [-0.2, 0) is 4.74 Å². The van der Waals surface area contributed by atoms with E-state index in [9.17, 15) is 4.79 Å². The second kappa shape index (κ2) is 7.33. The van der Waals surface area contributed by atoms with E-state index in [1.807, 2.05) is 0 Å². The van der Waals surface area contributed by atoms with E-state index < -0.39 is 0 Å². The minimum absolute atomic E-state index is 0.110. The molecule has 122 valence electrons. The van der Waals surface area contributed by atoms with E-state index in [0.717, 1.165) is 0 Å². The lowest BCUT2D eigenvalue weighted by atomic mass is 10.1. The van der Waals surface area contributed by atoms with Gasteiger partial charge in [0, 0.05) is 25.2 Å². The third-order valence-corrected chi connectivity index (χ3v) is 3.60. The summed E-state index contributed by atoms with van der Waals surface area (Å²) in [5.74, 6) is 1.26. The largest absolute Gasteiger partial charge is 0.493 e. The molecule has 2 rings (SSSR count). The van der Waals surface area contributed by atoms with E-state index in [1.165, 1.54) is 21.3 Å². The van der Waals surface area contributed by atoms with Crippen LogP contribution in [0.1, 0.15) is 10.4 Å². The summed E-state index contributed by atoms with van der Waals surface area (Å²) >= 11 is 0. The van der Waals surface area contributed by atoms with Crippen LogP contribution in [0.5, 0.6) is 17.2 Å². The summed E-state index contributed by atoms with van der Waals surface area (Å²) in [4.78, 5) is 14.4. The molecule has 1 aliphatic heterocycles. The molecule has 1 amide bonds. The summed E-state index contributed by atoms with van der Waals surface area (Å²) in [5, 5.41) is 0. The lowest BCUT2D eigenvalue weighted by molar-refractivity contribution is -0.0167. The highest BCUT2D eigenvalue weighted by molar-refractivity contribution is 5.95. The zero-order chi connectivity index (χ0) is 16.1. The maximum Gasteiger partial charge on any atom is 0.254 e. The predicted molar refractivity (Wildman–Crippen MR) is 80.8 cm³/mol. The summed E-state index contributed by atoms with van der Waals surface area (Å²) in [6.07, 6.45) is -0.125. The fourth-order valence-electron chi connectivity index (χ4n) is 2.43. The molecule has 1 fully saturated rings. The Kier molecular flexibility index (Phi) is 5.46. The van der Waals surface area contributed by atoms with Crippen molar-refractivity contribution in [2.24, 2.45) is 5.73 Å². The first kappa shape index (κ1) is 16.4. The molecule has 7 heteroatoms. The molecule has 1 heterocycles. The number of rotatable bonds is 5.